The first-order valence-corrected chi connectivity index (χ1v) is 6.21. The van der Waals surface area contributed by atoms with Gasteiger partial charge in [-0.3, -0.25) is 4.68 Å². The lowest BCUT2D eigenvalue weighted by Crippen LogP contribution is -2.14. The molecule has 0 aliphatic rings. The van der Waals surface area contributed by atoms with Gasteiger partial charge in [-0.1, -0.05) is 36.5 Å². The van der Waals surface area contributed by atoms with Crippen molar-refractivity contribution in [1.29, 1.82) is 0 Å². The summed E-state index contributed by atoms with van der Waals surface area (Å²) in [6.07, 6.45) is 3.81. The minimum absolute atomic E-state index is 0.428. The maximum Gasteiger partial charge on any atom is 0.104 e. The molecule has 82 valence electrons. The van der Waals surface area contributed by atoms with Crippen LogP contribution in [0.15, 0.2) is 36.7 Å². The predicted octanol–water partition coefficient (Wildman–Crippen LogP) is 2.17. The zero-order valence-electron chi connectivity index (χ0n) is 8.43. The van der Waals surface area contributed by atoms with Crippen LogP contribution in [0.25, 0.3) is 0 Å². The number of rotatable bonds is 3. The Labute approximate surface area is 113 Å². The van der Waals surface area contributed by atoms with Gasteiger partial charge >= 0.3 is 0 Å². The summed E-state index contributed by atoms with van der Waals surface area (Å²) in [6.45, 7) is 0.691. The first-order chi connectivity index (χ1) is 7.66. The molecule has 3 nitrogen and oxygen atoms in total. The van der Waals surface area contributed by atoms with E-state index in [-0.39, 0.29) is 0 Å². The molecule has 0 saturated carbocycles. The van der Waals surface area contributed by atoms with E-state index in [0.29, 0.717) is 11.5 Å². The maximum absolute atomic E-state index is 5.67. The zero-order valence-corrected chi connectivity index (χ0v) is 11.4. The van der Waals surface area contributed by atoms with Crippen LogP contribution in [0.4, 0.5) is 0 Å². The minimum Gasteiger partial charge on any atom is -0.389 e. The molecule has 0 aliphatic heterocycles. The van der Waals surface area contributed by atoms with Crippen molar-refractivity contribution < 1.29 is 0 Å². The molecule has 0 radical (unpaired) electrons. The van der Waals surface area contributed by atoms with E-state index in [0.717, 1.165) is 14.7 Å². The Balaban J connectivity index is 2.31. The molecule has 1 aromatic carbocycles. The maximum atomic E-state index is 5.67. The van der Waals surface area contributed by atoms with E-state index >= 15 is 0 Å². The molecule has 1 aromatic heterocycles. The molecule has 0 saturated heterocycles. The molecule has 1 heterocycles. The number of hydrogen-bond donors (Lipinski definition) is 1. The third-order valence-corrected chi connectivity index (χ3v) is 2.99. The number of halogens is 1. The summed E-state index contributed by atoms with van der Waals surface area (Å²) in [7, 11) is 0. The molecule has 0 spiro atoms. The molecule has 0 atom stereocenters. The first-order valence-electron chi connectivity index (χ1n) is 4.72. The van der Waals surface area contributed by atoms with Gasteiger partial charge in [0.25, 0.3) is 0 Å². The van der Waals surface area contributed by atoms with E-state index in [1.807, 2.05) is 41.3 Å². The number of thiocarbonyl (C=S) groups is 1. The molecule has 0 aliphatic carbocycles. The molecule has 16 heavy (non-hydrogen) atoms. The van der Waals surface area contributed by atoms with E-state index in [9.17, 15) is 0 Å². The Kier molecular flexibility index (Phi) is 3.55. The highest BCUT2D eigenvalue weighted by atomic mass is 127. The average molecular weight is 343 g/mol. The number of hydrogen-bond acceptors (Lipinski definition) is 2. The molecule has 0 bridgehead atoms. The van der Waals surface area contributed by atoms with Crippen molar-refractivity contribution in [3.05, 3.63) is 51.4 Å². The highest BCUT2D eigenvalue weighted by Gasteiger charge is 2.05. The van der Waals surface area contributed by atoms with E-state index in [1.54, 1.807) is 0 Å². The van der Waals surface area contributed by atoms with Crippen molar-refractivity contribution in [1.82, 2.24) is 9.78 Å². The monoisotopic (exact) mass is 343 g/mol. The molecule has 0 unspecified atom stereocenters. The number of nitrogens with two attached hydrogens (primary N) is 1. The Bertz CT molecular complexity index is 521. The quantitative estimate of drug-likeness (QED) is 0.686. The second kappa shape index (κ2) is 4.92. The minimum atomic E-state index is 0.428. The predicted molar refractivity (Wildman–Crippen MR) is 76.4 cm³/mol. The Morgan fingerprint density at radius 3 is 2.81 bits per heavy atom. The first kappa shape index (κ1) is 11.5. The number of nitrogens with zero attached hydrogens (tertiary/aromatic N) is 2. The van der Waals surface area contributed by atoms with Crippen LogP contribution in [-0.4, -0.2) is 14.8 Å². The van der Waals surface area contributed by atoms with Gasteiger partial charge in [0, 0.05) is 11.8 Å². The summed E-state index contributed by atoms with van der Waals surface area (Å²) in [6, 6.07) is 7.87. The zero-order chi connectivity index (χ0) is 11.5. The summed E-state index contributed by atoms with van der Waals surface area (Å²) in [5.74, 6) is 0. The normalized spacial score (nSPS) is 10.3. The summed E-state index contributed by atoms with van der Waals surface area (Å²) >= 11 is 7.25. The van der Waals surface area contributed by atoms with Crippen molar-refractivity contribution in [3.63, 3.8) is 0 Å². The van der Waals surface area contributed by atoms with Gasteiger partial charge in [-0.25, -0.2) is 0 Å². The highest BCUT2D eigenvalue weighted by Crippen LogP contribution is 2.11. The van der Waals surface area contributed by atoms with Crippen molar-refractivity contribution in [3.8, 4) is 0 Å². The molecule has 5 heteroatoms. The fraction of sp³-hybridized carbons (Fsp3) is 0.0909. The largest absolute Gasteiger partial charge is 0.389 e. The van der Waals surface area contributed by atoms with Gasteiger partial charge in [-0.05, 0) is 28.2 Å². The topological polar surface area (TPSA) is 43.8 Å². The molecule has 0 fully saturated rings. The van der Waals surface area contributed by atoms with E-state index in [2.05, 4.69) is 27.7 Å². The van der Waals surface area contributed by atoms with Gasteiger partial charge in [0.15, 0.2) is 0 Å². The Morgan fingerprint density at radius 1 is 1.44 bits per heavy atom. The van der Waals surface area contributed by atoms with Gasteiger partial charge in [-0.15, -0.1) is 0 Å². The molecule has 2 rings (SSSR count). The van der Waals surface area contributed by atoms with Crippen molar-refractivity contribution >= 4 is 39.8 Å². The summed E-state index contributed by atoms with van der Waals surface area (Å²) in [5.41, 5.74) is 7.69. The van der Waals surface area contributed by atoms with Crippen molar-refractivity contribution in [2.75, 3.05) is 0 Å². The van der Waals surface area contributed by atoms with Crippen LogP contribution >= 0.6 is 34.8 Å². The Morgan fingerprint density at radius 2 is 2.19 bits per heavy atom. The lowest BCUT2D eigenvalue weighted by atomic mass is 10.1. The fourth-order valence-corrected chi connectivity index (χ4v) is 2.14. The lowest BCUT2D eigenvalue weighted by molar-refractivity contribution is 0.686. The van der Waals surface area contributed by atoms with Crippen LogP contribution in [0, 0.1) is 3.57 Å². The van der Waals surface area contributed by atoms with Gasteiger partial charge in [0.05, 0.1) is 16.3 Å². The van der Waals surface area contributed by atoms with Crippen LogP contribution in [-0.2, 0) is 6.54 Å². The molecular weight excluding hydrogens is 333 g/mol. The smallest absolute Gasteiger partial charge is 0.104 e. The Hall–Kier alpha value is -0.950. The standard InChI is InChI=1S/C11H10IN3S/c12-9-5-14-15(7-9)6-8-3-1-2-4-10(8)11(13)16/h1-5,7H,6H2,(H2,13,16). The third kappa shape index (κ3) is 2.59. The molecule has 2 N–H and O–H groups in total. The number of benzene rings is 1. The van der Waals surface area contributed by atoms with Gasteiger partial charge in [0.2, 0.25) is 0 Å². The highest BCUT2D eigenvalue weighted by molar-refractivity contribution is 14.1. The van der Waals surface area contributed by atoms with Crippen molar-refractivity contribution in [2.45, 2.75) is 6.54 Å². The van der Waals surface area contributed by atoms with Crippen LogP contribution in [0.3, 0.4) is 0 Å². The number of aromatic nitrogens is 2. The average Bonchev–Trinajstić information content (AvgIpc) is 2.64. The van der Waals surface area contributed by atoms with Crippen LogP contribution < -0.4 is 5.73 Å². The van der Waals surface area contributed by atoms with E-state index in [4.69, 9.17) is 18.0 Å². The second-order valence-electron chi connectivity index (χ2n) is 3.38. The molecule has 2 aromatic rings. The molecule has 0 amide bonds. The van der Waals surface area contributed by atoms with E-state index < -0.39 is 0 Å². The fourth-order valence-electron chi connectivity index (χ4n) is 1.50. The SMILES string of the molecule is NC(=S)c1ccccc1Cn1cc(I)cn1. The van der Waals surface area contributed by atoms with E-state index in [1.165, 1.54) is 0 Å². The van der Waals surface area contributed by atoms with Crippen LogP contribution in [0.5, 0.6) is 0 Å². The van der Waals surface area contributed by atoms with Gasteiger partial charge in [-0.2, -0.15) is 5.10 Å². The van der Waals surface area contributed by atoms with Crippen molar-refractivity contribution in [2.24, 2.45) is 5.73 Å². The summed E-state index contributed by atoms with van der Waals surface area (Å²) in [5, 5.41) is 4.24. The third-order valence-electron chi connectivity index (χ3n) is 2.22. The van der Waals surface area contributed by atoms with Gasteiger partial charge in [0.1, 0.15) is 4.99 Å². The van der Waals surface area contributed by atoms with Gasteiger partial charge < -0.3 is 5.73 Å². The van der Waals surface area contributed by atoms with Crippen LogP contribution in [0.2, 0.25) is 0 Å². The molecular formula is C11H10IN3S. The summed E-state index contributed by atoms with van der Waals surface area (Å²) < 4.78 is 2.99. The summed E-state index contributed by atoms with van der Waals surface area (Å²) in [4.78, 5) is 0.428. The lowest BCUT2D eigenvalue weighted by Gasteiger charge is -2.07. The second-order valence-corrected chi connectivity index (χ2v) is 5.06. The van der Waals surface area contributed by atoms with Crippen LogP contribution in [0.1, 0.15) is 11.1 Å².